The molecule has 0 aliphatic carbocycles. The van der Waals surface area contributed by atoms with Gasteiger partial charge in [-0.15, -0.1) is 0 Å². The molecule has 1 fully saturated rings. The number of hydrogen-bond donors (Lipinski definition) is 0. The van der Waals surface area contributed by atoms with E-state index in [2.05, 4.69) is 29.2 Å². The molecule has 0 saturated carbocycles. The maximum Gasteiger partial charge on any atom is 0.232 e. The molecule has 3 rings (SSSR count). The third-order valence-corrected chi connectivity index (χ3v) is 4.03. The molecule has 0 spiro atoms. The molecular weight excluding hydrogens is 278 g/mol. The van der Waals surface area contributed by atoms with E-state index in [1.807, 2.05) is 23.1 Å². The maximum absolute atomic E-state index is 12.1. The molecule has 5 nitrogen and oxygen atoms in total. The van der Waals surface area contributed by atoms with E-state index in [1.54, 1.807) is 0 Å². The molecule has 1 aromatic carbocycles. The number of carbonyl (C=O) groups is 1. The lowest BCUT2D eigenvalue weighted by Crippen LogP contribution is -2.27. The predicted octanol–water partition coefficient (Wildman–Crippen LogP) is 2.58. The van der Waals surface area contributed by atoms with Gasteiger partial charge in [0.15, 0.2) is 5.82 Å². The molecule has 1 aliphatic rings. The van der Waals surface area contributed by atoms with E-state index in [9.17, 15) is 4.79 Å². The molecule has 1 unspecified atom stereocenters. The van der Waals surface area contributed by atoms with Gasteiger partial charge in [-0.25, -0.2) is 0 Å². The molecule has 1 saturated heterocycles. The van der Waals surface area contributed by atoms with Crippen LogP contribution in [0.4, 0.5) is 0 Å². The normalized spacial score (nSPS) is 18.1. The van der Waals surface area contributed by atoms with Crippen molar-refractivity contribution in [2.24, 2.45) is 0 Å². The van der Waals surface area contributed by atoms with Gasteiger partial charge >= 0.3 is 0 Å². The van der Waals surface area contributed by atoms with Gasteiger partial charge in [-0.3, -0.25) is 4.79 Å². The van der Waals surface area contributed by atoms with Crippen molar-refractivity contribution < 1.29 is 9.32 Å². The Morgan fingerprint density at radius 2 is 2.09 bits per heavy atom. The summed E-state index contributed by atoms with van der Waals surface area (Å²) >= 11 is 0. The van der Waals surface area contributed by atoms with Crippen LogP contribution in [0.2, 0.25) is 0 Å². The first-order chi connectivity index (χ1) is 10.8. The fourth-order valence-electron chi connectivity index (χ4n) is 2.82. The van der Waals surface area contributed by atoms with E-state index in [1.165, 1.54) is 5.56 Å². The number of likely N-dealkylation sites (tertiary alicyclic amines) is 1. The van der Waals surface area contributed by atoms with Crippen molar-refractivity contribution in [1.82, 2.24) is 15.0 Å². The minimum atomic E-state index is 0.0429. The highest BCUT2D eigenvalue weighted by molar-refractivity contribution is 5.79. The van der Waals surface area contributed by atoms with Gasteiger partial charge in [-0.05, 0) is 18.4 Å². The summed E-state index contributed by atoms with van der Waals surface area (Å²) in [5.74, 6) is 1.57. The first-order valence-electron chi connectivity index (χ1n) is 7.90. The molecule has 1 aromatic heterocycles. The fourth-order valence-corrected chi connectivity index (χ4v) is 2.82. The number of aryl methyl sites for hydroxylation is 1. The van der Waals surface area contributed by atoms with Gasteiger partial charge < -0.3 is 9.42 Å². The van der Waals surface area contributed by atoms with Crippen LogP contribution in [0, 0.1) is 0 Å². The highest BCUT2D eigenvalue weighted by Crippen LogP contribution is 2.27. The number of rotatable bonds is 6. The maximum atomic E-state index is 12.1. The van der Waals surface area contributed by atoms with Gasteiger partial charge in [0.25, 0.3) is 0 Å². The van der Waals surface area contributed by atoms with E-state index in [0.29, 0.717) is 18.9 Å². The molecule has 0 radical (unpaired) electrons. The summed E-state index contributed by atoms with van der Waals surface area (Å²) in [6.07, 6.45) is 3.17. The largest absolute Gasteiger partial charge is 0.342 e. The molecule has 1 amide bonds. The summed E-state index contributed by atoms with van der Waals surface area (Å²) in [4.78, 5) is 18.5. The van der Waals surface area contributed by atoms with E-state index in [-0.39, 0.29) is 11.8 Å². The zero-order valence-corrected chi connectivity index (χ0v) is 12.9. The Bertz CT molecular complexity index is 624. The quantitative estimate of drug-likeness (QED) is 0.822. The number of benzene rings is 1. The Kier molecular flexibility index (Phi) is 4.51. The smallest absolute Gasteiger partial charge is 0.232 e. The standard InChI is InChI=1S/C17H21N3O2/c1-2-6-15-18-17(22-19-15)14-11-16(21)20(12-14)10-9-13-7-4-3-5-8-13/h3-5,7-8,14H,2,6,9-12H2,1H3. The fraction of sp³-hybridized carbons (Fsp3) is 0.471. The highest BCUT2D eigenvalue weighted by atomic mass is 16.5. The summed E-state index contributed by atoms with van der Waals surface area (Å²) in [5.41, 5.74) is 1.25. The van der Waals surface area contributed by atoms with Gasteiger partial charge in [0.1, 0.15) is 0 Å². The number of hydrogen-bond acceptors (Lipinski definition) is 4. The Balaban J connectivity index is 1.58. The molecule has 0 bridgehead atoms. The lowest BCUT2D eigenvalue weighted by Gasteiger charge is -2.15. The minimum Gasteiger partial charge on any atom is -0.342 e. The first-order valence-corrected chi connectivity index (χ1v) is 7.90. The molecule has 2 aromatic rings. The molecule has 1 atom stereocenters. The first kappa shape index (κ1) is 14.8. The van der Waals surface area contributed by atoms with Crippen LogP contribution in [0.15, 0.2) is 34.9 Å². The summed E-state index contributed by atoms with van der Waals surface area (Å²) in [6, 6.07) is 10.2. The van der Waals surface area contributed by atoms with Crippen molar-refractivity contribution in [3.05, 3.63) is 47.6 Å². The third-order valence-electron chi connectivity index (χ3n) is 4.03. The second kappa shape index (κ2) is 6.73. The Labute approximate surface area is 130 Å². The van der Waals surface area contributed by atoms with Crippen LogP contribution in [-0.4, -0.2) is 34.0 Å². The zero-order chi connectivity index (χ0) is 15.4. The topological polar surface area (TPSA) is 59.2 Å². The number of carbonyl (C=O) groups excluding carboxylic acids is 1. The second-order valence-electron chi connectivity index (χ2n) is 5.78. The Morgan fingerprint density at radius 1 is 1.27 bits per heavy atom. The zero-order valence-electron chi connectivity index (χ0n) is 12.9. The van der Waals surface area contributed by atoms with Crippen molar-refractivity contribution in [3.63, 3.8) is 0 Å². The van der Waals surface area contributed by atoms with E-state index < -0.39 is 0 Å². The highest BCUT2D eigenvalue weighted by Gasteiger charge is 2.33. The number of aromatic nitrogens is 2. The van der Waals surface area contributed by atoms with Gasteiger partial charge in [0.2, 0.25) is 11.8 Å². The number of amides is 1. The molecular formula is C17H21N3O2. The monoisotopic (exact) mass is 299 g/mol. The van der Waals surface area contributed by atoms with Crippen LogP contribution < -0.4 is 0 Å². The molecule has 22 heavy (non-hydrogen) atoms. The SMILES string of the molecule is CCCc1noc(C2CC(=O)N(CCc3ccccc3)C2)n1. The van der Waals surface area contributed by atoms with Crippen LogP contribution in [0.25, 0.3) is 0 Å². The number of nitrogens with zero attached hydrogens (tertiary/aromatic N) is 3. The molecule has 0 N–H and O–H groups in total. The van der Waals surface area contributed by atoms with Crippen molar-refractivity contribution >= 4 is 5.91 Å². The van der Waals surface area contributed by atoms with Crippen molar-refractivity contribution in [2.75, 3.05) is 13.1 Å². The molecule has 5 heteroatoms. The van der Waals surface area contributed by atoms with E-state index >= 15 is 0 Å². The van der Waals surface area contributed by atoms with Crippen LogP contribution in [0.5, 0.6) is 0 Å². The van der Waals surface area contributed by atoms with Crippen LogP contribution in [0.3, 0.4) is 0 Å². The van der Waals surface area contributed by atoms with Crippen molar-refractivity contribution in [3.8, 4) is 0 Å². The second-order valence-corrected chi connectivity index (χ2v) is 5.78. The van der Waals surface area contributed by atoms with Gasteiger partial charge in [-0.2, -0.15) is 4.98 Å². The van der Waals surface area contributed by atoms with Crippen LogP contribution in [0.1, 0.15) is 43.0 Å². The lowest BCUT2D eigenvalue weighted by atomic mass is 10.1. The average molecular weight is 299 g/mol. The third kappa shape index (κ3) is 3.35. The van der Waals surface area contributed by atoms with Crippen molar-refractivity contribution in [1.29, 1.82) is 0 Å². The Morgan fingerprint density at radius 3 is 2.86 bits per heavy atom. The molecule has 116 valence electrons. The van der Waals surface area contributed by atoms with Gasteiger partial charge in [0.05, 0.1) is 5.92 Å². The molecule has 2 heterocycles. The molecule has 1 aliphatic heterocycles. The summed E-state index contributed by atoms with van der Waals surface area (Å²) in [7, 11) is 0. The summed E-state index contributed by atoms with van der Waals surface area (Å²) in [5, 5.41) is 3.98. The van der Waals surface area contributed by atoms with Crippen LogP contribution in [-0.2, 0) is 17.6 Å². The average Bonchev–Trinajstić information content (AvgIpc) is 3.13. The lowest BCUT2D eigenvalue weighted by molar-refractivity contribution is -0.127. The van der Waals surface area contributed by atoms with Gasteiger partial charge in [0, 0.05) is 25.9 Å². The minimum absolute atomic E-state index is 0.0429. The van der Waals surface area contributed by atoms with E-state index in [4.69, 9.17) is 4.52 Å². The predicted molar refractivity (Wildman–Crippen MR) is 82.4 cm³/mol. The summed E-state index contributed by atoms with van der Waals surface area (Å²) < 4.78 is 5.32. The van der Waals surface area contributed by atoms with E-state index in [0.717, 1.165) is 31.6 Å². The Hall–Kier alpha value is -2.17. The van der Waals surface area contributed by atoms with Gasteiger partial charge in [-0.1, -0.05) is 42.4 Å². The van der Waals surface area contributed by atoms with Crippen molar-refractivity contribution in [2.45, 2.75) is 38.5 Å². The van der Waals surface area contributed by atoms with Crippen LogP contribution >= 0.6 is 0 Å². The summed E-state index contributed by atoms with van der Waals surface area (Å²) in [6.45, 7) is 3.51.